The van der Waals surface area contributed by atoms with E-state index in [4.69, 9.17) is 4.98 Å². The van der Waals surface area contributed by atoms with Gasteiger partial charge in [0, 0.05) is 6.54 Å². The quantitative estimate of drug-likeness (QED) is 0.862. The Kier molecular flexibility index (Phi) is 4.55. The first-order valence-electron chi connectivity index (χ1n) is 8.36. The van der Waals surface area contributed by atoms with E-state index in [9.17, 15) is 4.39 Å². The number of hydrogen-bond donors (Lipinski definition) is 0. The first-order valence-corrected chi connectivity index (χ1v) is 8.36. The maximum Gasteiger partial charge on any atom is 0.246 e. The van der Waals surface area contributed by atoms with Crippen LogP contribution in [0.15, 0.2) is 24.3 Å². The second kappa shape index (κ2) is 6.60. The molecule has 1 aromatic heterocycles. The average Bonchev–Trinajstić information content (AvgIpc) is 2.96. The van der Waals surface area contributed by atoms with Crippen LogP contribution in [0.4, 0.5) is 10.3 Å². The van der Waals surface area contributed by atoms with Gasteiger partial charge in [0.05, 0.1) is 17.4 Å². The van der Waals surface area contributed by atoms with Crippen molar-refractivity contribution in [1.29, 1.82) is 0 Å². The van der Waals surface area contributed by atoms with Gasteiger partial charge in [-0.3, -0.25) is 0 Å². The fourth-order valence-electron chi connectivity index (χ4n) is 3.35. The topological polar surface area (TPSA) is 41.9 Å². The third kappa shape index (κ3) is 3.19. The highest BCUT2D eigenvalue weighted by Crippen LogP contribution is 2.37. The van der Waals surface area contributed by atoms with Gasteiger partial charge in [0.25, 0.3) is 0 Å². The third-order valence-electron chi connectivity index (χ3n) is 4.50. The molecule has 0 aliphatic carbocycles. The molecule has 2 atom stereocenters. The highest BCUT2D eigenvalue weighted by atomic mass is 19.1. The summed E-state index contributed by atoms with van der Waals surface area (Å²) < 4.78 is 13.6. The van der Waals surface area contributed by atoms with Crippen molar-refractivity contribution < 1.29 is 4.39 Å². The number of aromatic nitrogens is 3. The predicted octanol–water partition coefficient (Wildman–Crippen LogP) is 3.72. The molecule has 1 aliphatic heterocycles. The van der Waals surface area contributed by atoms with Crippen molar-refractivity contribution in [3.8, 4) is 0 Å². The van der Waals surface area contributed by atoms with Crippen molar-refractivity contribution in [2.45, 2.75) is 46.1 Å². The molecule has 2 heterocycles. The van der Waals surface area contributed by atoms with Gasteiger partial charge < -0.3 is 4.90 Å². The summed E-state index contributed by atoms with van der Waals surface area (Å²) in [6, 6.07) is 6.95. The third-order valence-corrected chi connectivity index (χ3v) is 4.50. The van der Waals surface area contributed by atoms with E-state index in [0.29, 0.717) is 11.9 Å². The molecule has 5 heteroatoms. The number of rotatable bonds is 4. The molecule has 0 saturated carbocycles. The van der Waals surface area contributed by atoms with E-state index in [2.05, 4.69) is 35.9 Å². The molecule has 0 amide bonds. The van der Waals surface area contributed by atoms with Gasteiger partial charge in [0.1, 0.15) is 5.82 Å². The van der Waals surface area contributed by atoms with Crippen molar-refractivity contribution in [2.24, 2.45) is 5.92 Å². The minimum atomic E-state index is -0.198. The van der Waals surface area contributed by atoms with Crippen molar-refractivity contribution in [3.05, 3.63) is 47.0 Å². The van der Waals surface area contributed by atoms with Crippen LogP contribution in [0.3, 0.4) is 0 Å². The zero-order valence-corrected chi connectivity index (χ0v) is 14.0. The van der Waals surface area contributed by atoms with Gasteiger partial charge in [-0.05, 0) is 42.9 Å². The second-order valence-corrected chi connectivity index (χ2v) is 6.28. The molecule has 2 unspecified atom stereocenters. The van der Waals surface area contributed by atoms with Gasteiger partial charge in [-0.15, -0.1) is 5.10 Å². The molecular formula is C18H23FN4. The summed E-state index contributed by atoms with van der Waals surface area (Å²) in [6.45, 7) is 7.24. The molecule has 4 nitrogen and oxygen atoms in total. The Morgan fingerprint density at radius 1 is 1.17 bits per heavy atom. The average molecular weight is 314 g/mol. The minimum Gasteiger partial charge on any atom is -0.332 e. The number of benzene rings is 1. The molecule has 0 N–H and O–H groups in total. The molecule has 23 heavy (non-hydrogen) atoms. The Labute approximate surface area is 136 Å². The van der Waals surface area contributed by atoms with E-state index in [1.165, 1.54) is 6.07 Å². The van der Waals surface area contributed by atoms with Crippen LogP contribution in [0.5, 0.6) is 0 Å². The minimum absolute atomic E-state index is 0.111. The lowest BCUT2D eigenvalue weighted by Crippen LogP contribution is -2.26. The molecule has 2 aromatic rings. The van der Waals surface area contributed by atoms with E-state index in [1.54, 1.807) is 12.1 Å². The molecular weight excluding hydrogens is 291 g/mol. The van der Waals surface area contributed by atoms with Crippen molar-refractivity contribution in [1.82, 2.24) is 15.2 Å². The van der Waals surface area contributed by atoms with Crippen molar-refractivity contribution >= 4 is 5.95 Å². The van der Waals surface area contributed by atoms with Gasteiger partial charge in [-0.1, -0.05) is 32.9 Å². The molecule has 1 saturated heterocycles. The molecule has 1 aromatic carbocycles. The second-order valence-electron chi connectivity index (χ2n) is 6.28. The molecule has 0 spiro atoms. The molecule has 122 valence electrons. The van der Waals surface area contributed by atoms with Gasteiger partial charge in [0.2, 0.25) is 5.95 Å². The summed E-state index contributed by atoms with van der Waals surface area (Å²) in [6.07, 6.45) is 2.66. The van der Waals surface area contributed by atoms with E-state index < -0.39 is 0 Å². The van der Waals surface area contributed by atoms with Crippen LogP contribution in [-0.2, 0) is 12.8 Å². The van der Waals surface area contributed by atoms with E-state index in [-0.39, 0.29) is 11.9 Å². The number of anilines is 1. The lowest BCUT2D eigenvalue weighted by molar-refractivity contribution is 0.601. The Morgan fingerprint density at radius 2 is 1.96 bits per heavy atom. The Hall–Kier alpha value is -2.04. The van der Waals surface area contributed by atoms with E-state index in [0.717, 1.165) is 42.8 Å². The molecule has 1 fully saturated rings. The maximum atomic E-state index is 13.6. The number of aryl methyl sites for hydroxylation is 2. The number of nitrogens with zero attached hydrogens (tertiary/aromatic N) is 4. The fraction of sp³-hybridized carbons (Fsp3) is 0.500. The summed E-state index contributed by atoms with van der Waals surface area (Å²) in [5.74, 6) is 0.983. The summed E-state index contributed by atoms with van der Waals surface area (Å²) in [4.78, 5) is 6.91. The van der Waals surface area contributed by atoms with Gasteiger partial charge in [-0.2, -0.15) is 5.10 Å². The van der Waals surface area contributed by atoms with Gasteiger partial charge in [0.15, 0.2) is 0 Å². The van der Waals surface area contributed by atoms with Crippen LogP contribution in [0.25, 0.3) is 0 Å². The monoisotopic (exact) mass is 314 g/mol. The first-order chi connectivity index (χ1) is 11.1. The predicted molar refractivity (Wildman–Crippen MR) is 88.9 cm³/mol. The van der Waals surface area contributed by atoms with E-state index in [1.807, 2.05) is 6.07 Å². The molecule has 0 radical (unpaired) electrons. The highest BCUT2D eigenvalue weighted by Gasteiger charge is 2.33. The Balaban J connectivity index is 1.96. The van der Waals surface area contributed by atoms with E-state index >= 15 is 0 Å². The van der Waals surface area contributed by atoms with Gasteiger partial charge >= 0.3 is 0 Å². The molecule has 3 rings (SSSR count). The zero-order valence-electron chi connectivity index (χ0n) is 14.0. The van der Waals surface area contributed by atoms with Gasteiger partial charge in [-0.25, -0.2) is 9.37 Å². The highest BCUT2D eigenvalue weighted by molar-refractivity contribution is 5.39. The summed E-state index contributed by atoms with van der Waals surface area (Å²) >= 11 is 0. The Bertz CT molecular complexity index is 688. The lowest BCUT2D eigenvalue weighted by atomic mass is 10.0. The summed E-state index contributed by atoms with van der Waals surface area (Å²) in [7, 11) is 0. The number of hydrogen-bond acceptors (Lipinski definition) is 4. The molecule has 0 bridgehead atoms. The zero-order chi connectivity index (χ0) is 16.4. The van der Waals surface area contributed by atoms with Crippen LogP contribution < -0.4 is 4.90 Å². The lowest BCUT2D eigenvalue weighted by Gasteiger charge is -2.25. The standard InChI is InChI=1S/C18H23FN4/c1-4-15-16(5-2)21-22-18(20-15)23-11-12(3)9-17(23)13-7-6-8-14(19)10-13/h6-8,10,12,17H,4-5,9,11H2,1-3H3. The summed E-state index contributed by atoms with van der Waals surface area (Å²) in [5, 5.41) is 8.70. The van der Waals surface area contributed by atoms with Crippen LogP contribution in [0.2, 0.25) is 0 Å². The molecule has 1 aliphatic rings. The smallest absolute Gasteiger partial charge is 0.246 e. The van der Waals surface area contributed by atoms with Crippen LogP contribution in [0.1, 0.15) is 50.2 Å². The SMILES string of the molecule is CCc1nnc(N2CC(C)CC2c2cccc(F)c2)nc1CC. The van der Waals surface area contributed by atoms with Crippen molar-refractivity contribution in [3.63, 3.8) is 0 Å². The maximum absolute atomic E-state index is 13.6. The van der Waals surface area contributed by atoms with Crippen LogP contribution in [0, 0.1) is 11.7 Å². The van der Waals surface area contributed by atoms with Crippen LogP contribution in [-0.4, -0.2) is 21.7 Å². The fourth-order valence-corrected chi connectivity index (χ4v) is 3.35. The van der Waals surface area contributed by atoms with Crippen molar-refractivity contribution in [2.75, 3.05) is 11.4 Å². The Morgan fingerprint density at radius 3 is 2.65 bits per heavy atom. The number of halogens is 1. The normalized spacial score (nSPS) is 21.0. The van der Waals surface area contributed by atoms with Crippen LogP contribution >= 0.6 is 0 Å². The summed E-state index contributed by atoms with van der Waals surface area (Å²) in [5.41, 5.74) is 2.96. The largest absolute Gasteiger partial charge is 0.332 e. The first kappa shape index (κ1) is 15.8.